The van der Waals surface area contributed by atoms with Crippen LogP contribution in [-0.4, -0.2) is 28.7 Å². The van der Waals surface area contributed by atoms with Crippen molar-refractivity contribution in [1.82, 2.24) is 14.5 Å². The molecule has 4 aromatic rings. The lowest BCUT2D eigenvalue weighted by molar-refractivity contribution is 0.324. The van der Waals surface area contributed by atoms with Gasteiger partial charge < -0.3 is 9.30 Å². The number of ether oxygens (including phenoxy) is 1. The van der Waals surface area contributed by atoms with Crippen molar-refractivity contribution in [2.75, 3.05) is 10.5 Å². The summed E-state index contributed by atoms with van der Waals surface area (Å²) in [6.07, 6.45) is 6.68. The van der Waals surface area contributed by atoms with Crippen LogP contribution in [0.15, 0.2) is 54.9 Å². The van der Waals surface area contributed by atoms with E-state index in [2.05, 4.69) is 25.3 Å². The highest BCUT2D eigenvalue weighted by Crippen LogP contribution is 2.43. The fourth-order valence-corrected chi connectivity index (χ4v) is 5.74. The molecule has 0 atom stereocenters. The molecule has 1 N–H and O–H groups in total. The number of fused-ring (bicyclic) bond motifs is 1. The molecule has 1 aliphatic carbocycles. The number of aromatic nitrogens is 3. The maximum Gasteiger partial charge on any atom is 0.257 e. The summed E-state index contributed by atoms with van der Waals surface area (Å²) in [6.45, 7) is 1.82. The Kier molecular flexibility index (Phi) is 6.56. The number of nitrogens with one attached hydrogen (secondary N) is 1. The molecule has 2 heterocycles. The number of hydrogen-bond acceptors (Lipinski definition) is 6. The van der Waals surface area contributed by atoms with Crippen LogP contribution in [0.4, 0.5) is 5.69 Å². The largest absolute Gasteiger partial charge is 0.436 e. The predicted molar refractivity (Wildman–Crippen MR) is 140 cm³/mol. The number of benzene rings is 2. The molecule has 2 aromatic carbocycles. The van der Waals surface area contributed by atoms with Gasteiger partial charge in [0.25, 0.3) is 5.88 Å². The van der Waals surface area contributed by atoms with E-state index in [-0.39, 0.29) is 22.8 Å². The van der Waals surface area contributed by atoms with Gasteiger partial charge in [0, 0.05) is 35.6 Å². The van der Waals surface area contributed by atoms with E-state index in [4.69, 9.17) is 16.3 Å². The van der Waals surface area contributed by atoms with Gasteiger partial charge in [-0.3, -0.25) is 4.72 Å². The van der Waals surface area contributed by atoms with Gasteiger partial charge in [0.2, 0.25) is 10.0 Å². The number of anilines is 1. The molecule has 36 heavy (non-hydrogen) atoms. The smallest absolute Gasteiger partial charge is 0.257 e. The van der Waals surface area contributed by atoms with Crippen molar-refractivity contribution in [1.29, 1.82) is 5.26 Å². The minimum absolute atomic E-state index is 0.0629. The van der Waals surface area contributed by atoms with Crippen LogP contribution in [-0.2, 0) is 10.0 Å². The van der Waals surface area contributed by atoms with Crippen LogP contribution in [0.5, 0.6) is 11.6 Å². The number of nitriles is 1. The molecule has 2 aromatic heterocycles. The topological polar surface area (TPSA) is 110 Å². The number of sulfonamides is 1. The normalized spacial score (nSPS) is 13.8. The summed E-state index contributed by atoms with van der Waals surface area (Å²) in [5.41, 5.74) is 3.60. The monoisotopic (exact) mass is 521 g/mol. The quantitative estimate of drug-likeness (QED) is 0.291. The second-order valence-electron chi connectivity index (χ2n) is 8.72. The third-order valence-electron chi connectivity index (χ3n) is 6.27. The van der Waals surface area contributed by atoms with Crippen molar-refractivity contribution in [3.63, 3.8) is 0 Å². The zero-order chi connectivity index (χ0) is 25.3. The third-order valence-corrected chi connectivity index (χ3v) is 8.02. The number of hydrogen-bond donors (Lipinski definition) is 1. The zero-order valence-electron chi connectivity index (χ0n) is 19.6. The fraction of sp³-hybridized carbons (Fsp3) is 0.269. The second-order valence-corrected chi connectivity index (χ2v) is 10.9. The van der Waals surface area contributed by atoms with E-state index in [1.165, 1.54) is 12.4 Å². The van der Waals surface area contributed by atoms with Gasteiger partial charge in [-0.05, 0) is 55.5 Å². The average molecular weight is 522 g/mol. The molecule has 0 radical (unpaired) electrons. The van der Waals surface area contributed by atoms with E-state index in [1.807, 2.05) is 31.2 Å². The zero-order valence-corrected chi connectivity index (χ0v) is 21.2. The molecule has 0 unspecified atom stereocenters. The molecule has 0 aliphatic heterocycles. The van der Waals surface area contributed by atoms with Gasteiger partial charge in [0.15, 0.2) is 5.15 Å². The van der Waals surface area contributed by atoms with Crippen molar-refractivity contribution >= 4 is 38.2 Å². The van der Waals surface area contributed by atoms with E-state index >= 15 is 0 Å². The van der Waals surface area contributed by atoms with Crippen LogP contribution in [0.25, 0.3) is 22.2 Å². The second kappa shape index (κ2) is 9.80. The molecule has 0 amide bonds. The lowest BCUT2D eigenvalue weighted by Gasteiger charge is -2.30. The van der Waals surface area contributed by atoms with Gasteiger partial charge in [0.1, 0.15) is 11.8 Å². The Balaban J connectivity index is 1.59. The number of rotatable bonds is 8. The first-order valence-corrected chi connectivity index (χ1v) is 13.8. The highest BCUT2D eigenvalue weighted by molar-refractivity contribution is 7.92. The van der Waals surface area contributed by atoms with Crippen molar-refractivity contribution in [2.24, 2.45) is 0 Å². The Morgan fingerprint density at radius 1 is 1.17 bits per heavy atom. The van der Waals surface area contributed by atoms with Gasteiger partial charge in [-0.15, -0.1) is 0 Å². The van der Waals surface area contributed by atoms with Crippen molar-refractivity contribution < 1.29 is 13.2 Å². The van der Waals surface area contributed by atoms with Crippen molar-refractivity contribution in [3.8, 4) is 29.0 Å². The van der Waals surface area contributed by atoms with Crippen LogP contribution in [0.2, 0.25) is 5.15 Å². The van der Waals surface area contributed by atoms with Crippen LogP contribution in [0, 0.1) is 11.3 Å². The Labute approximate surface area is 214 Å². The van der Waals surface area contributed by atoms with E-state index in [0.29, 0.717) is 23.4 Å². The summed E-state index contributed by atoms with van der Waals surface area (Å²) < 4.78 is 35.0. The van der Waals surface area contributed by atoms with Gasteiger partial charge in [-0.1, -0.05) is 30.7 Å². The van der Waals surface area contributed by atoms with Crippen LogP contribution < -0.4 is 9.46 Å². The SMILES string of the molecule is CCCS(=O)(=O)Nc1ccc(-c2c(C#N)c3ccc(Oc4nccnc4Cl)cc3n2C2CCC2)cc1. The van der Waals surface area contributed by atoms with Crippen molar-refractivity contribution in [2.45, 2.75) is 38.6 Å². The highest BCUT2D eigenvalue weighted by Gasteiger charge is 2.28. The summed E-state index contributed by atoms with van der Waals surface area (Å²) in [6, 6.07) is 15.4. The highest BCUT2D eigenvalue weighted by atomic mass is 35.5. The van der Waals surface area contributed by atoms with Gasteiger partial charge in [-0.25, -0.2) is 18.4 Å². The molecule has 184 valence electrons. The summed E-state index contributed by atoms with van der Waals surface area (Å²) in [4.78, 5) is 8.15. The third kappa shape index (κ3) is 4.62. The minimum atomic E-state index is -3.39. The maximum absolute atomic E-state index is 12.2. The van der Waals surface area contributed by atoms with Crippen LogP contribution in [0.3, 0.4) is 0 Å². The Morgan fingerprint density at radius 2 is 1.92 bits per heavy atom. The first-order chi connectivity index (χ1) is 17.4. The average Bonchev–Trinajstić information content (AvgIpc) is 3.13. The molecule has 1 fully saturated rings. The molecular formula is C26H24ClN5O3S. The van der Waals surface area contributed by atoms with E-state index in [1.54, 1.807) is 18.2 Å². The summed E-state index contributed by atoms with van der Waals surface area (Å²) >= 11 is 6.12. The van der Waals surface area contributed by atoms with E-state index in [0.717, 1.165) is 41.4 Å². The molecule has 1 aliphatic rings. The van der Waals surface area contributed by atoms with E-state index < -0.39 is 10.0 Å². The molecule has 8 nitrogen and oxygen atoms in total. The fourth-order valence-electron chi connectivity index (χ4n) is 4.46. The number of halogens is 1. The van der Waals surface area contributed by atoms with E-state index in [9.17, 15) is 13.7 Å². The Hall–Kier alpha value is -3.61. The molecule has 5 rings (SSSR count). The maximum atomic E-state index is 12.2. The standard InChI is InChI=1S/C26H24ClN5O3S/c1-2-14-36(33,34)31-18-8-6-17(7-9-18)24-22(16-28)21-11-10-20(35-26-25(27)29-12-13-30-26)15-23(21)32(24)19-4-3-5-19/h6-13,15,19,31H,2-5,14H2,1H3. The molecular weight excluding hydrogens is 498 g/mol. The summed E-state index contributed by atoms with van der Waals surface area (Å²) in [7, 11) is -3.39. The predicted octanol–water partition coefficient (Wildman–Crippen LogP) is 6.29. The minimum Gasteiger partial charge on any atom is -0.436 e. The van der Waals surface area contributed by atoms with Gasteiger partial charge in [0.05, 0.1) is 22.5 Å². The molecule has 1 saturated carbocycles. The van der Waals surface area contributed by atoms with Crippen LogP contribution >= 0.6 is 11.6 Å². The van der Waals surface area contributed by atoms with Crippen molar-refractivity contribution in [3.05, 3.63) is 65.6 Å². The first-order valence-electron chi connectivity index (χ1n) is 11.7. The summed E-state index contributed by atoms with van der Waals surface area (Å²) in [5.74, 6) is 0.815. The molecule has 0 spiro atoms. The van der Waals surface area contributed by atoms with Gasteiger partial charge in [-0.2, -0.15) is 5.26 Å². The Bertz CT molecular complexity index is 1570. The first kappa shape index (κ1) is 24.1. The lowest BCUT2D eigenvalue weighted by atomic mass is 9.92. The van der Waals surface area contributed by atoms with Crippen LogP contribution in [0.1, 0.15) is 44.2 Å². The van der Waals surface area contributed by atoms with Gasteiger partial charge >= 0.3 is 0 Å². The summed E-state index contributed by atoms with van der Waals surface area (Å²) in [5, 5.41) is 11.1. The molecule has 0 saturated heterocycles. The lowest BCUT2D eigenvalue weighted by Crippen LogP contribution is -2.18. The molecule has 0 bridgehead atoms. The Morgan fingerprint density at radius 3 is 2.56 bits per heavy atom. The molecule has 10 heteroatoms. The number of nitrogens with zero attached hydrogens (tertiary/aromatic N) is 4.